The highest BCUT2D eigenvalue weighted by molar-refractivity contribution is 7.89. The van der Waals surface area contributed by atoms with Gasteiger partial charge in [-0.1, -0.05) is 20.8 Å². The van der Waals surface area contributed by atoms with Crippen molar-refractivity contribution in [1.29, 1.82) is 0 Å². The van der Waals surface area contributed by atoms with Crippen molar-refractivity contribution in [2.24, 2.45) is 5.41 Å². The van der Waals surface area contributed by atoms with Gasteiger partial charge in [-0.15, -0.1) is 0 Å². The molecular weight excluding hydrogens is 317 g/mol. The normalized spacial score (nSPS) is 17.5. The number of hydrogen-bond acceptors (Lipinski definition) is 4. The molecule has 1 aromatic rings. The first-order valence-electron chi connectivity index (χ1n) is 8.02. The molecule has 0 aromatic carbocycles. The Kier molecular flexibility index (Phi) is 5.62. The zero-order valence-corrected chi connectivity index (χ0v) is 14.9. The van der Waals surface area contributed by atoms with Crippen LogP contribution in [0.5, 0.6) is 0 Å². The number of hydrogen-bond donors (Lipinski definition) is 0. The lowest BCUT2D eigenvalue weighted by molar-refractivity contribution is 0.362. The Morgan fingerprint density at radius 2 is 1.87 bits per heavy atom. The fourth-order valence-corrected chi connectivity index (χ4v) is 4.19. The largest absolute Gasteiger partial charge is 0.352 e. The minimum Gasteiger partial charge on any atom is -0.352 e. The Morgan fingerprint density at radius 1 is 1.22 bits per heavy atom. The van der Waals surface area contributed by atoms with Crippen molar-refractivity contribution in [1.82, 2.24) is 9.29 Å². The Labute approximate surface area is 138 Å². The van der Waals surface area contributed by atoms with Crippen LogP contribution in [0.3, 0.4) is 0 Å². The first-order chi connectivity index (χ1) is 10.7. The lowest BCUT2D eigenvalue weighted by Crippen LogP contribution is -2.49. The number of halogens is 1. The van der Waals surface area contributed by atoms with E-state index in [2.05, 4.69) is 25.8 Å². The molecule has 5 nitrogen and oxygen atoms in total. The average Bonchev–Trinajstić information content (AvgIpc) is 2.46. The summed E-state index contributed by atoms with van der Waals surface area (Å²) in [6.45, 7) is 8.03. The van der Waals surface area contributed by atoms with Crippen LogP contribution >= 0.6 is 0 Å². The third-order valence-electron chi connectivity index (χ3n) is 4.00. The smallest absolute Gasteiger partial charge is 0.214 e. The van der Waals surface area contributed by atoms with Gasteiger partial charge in [0.25, 0.3) is 0 Å². The second-order valence-electron chi connectivity index (χ2n) is 7.18. The van der Waals surface area contributed by atoms with Crippen LogP contribution in [-0.2, 0) is 10.0 Å². The molecule has 0 spiro atoms. The molecule has 0 N–H and O–H groups in total. The lowest BCUT2D eigenvalue weighted by atomic mass is 9.91. The van der Waals surface area contributed by atoms with Gasteiger partial charge in [0, 0.05) is 32.4 Å². The molecule has 2 rings (SSSR count). The topological polar surface area (TPSA) is 53.5 Å². The maximum absolute atomic E-state index is 13.7. The van der Waals surface area contributed by atoms with Crippen molar-refractivity contribution in [3.05, 3.63) is 24.1 Å². The predicted molar refractivity (Wildman–Crippen MR) is 90.5 cm³/mol. The van der Waals surface area contributed by atoms with E-state index in [4.69, 9.17) is 0 Å². The van der Waals surface area contributed by atoms with E-state index < -0.39 is 10.0 Å². The highest BCUT2D eigenvalue weighted by Crippen LogP contribution is 2.22. The van der Waals surface area contributed by atoms with E-state index in [1.807, 2.05) is 0 Å². The summed E-state index contributed by atoms with van der Waals surface area (Å²) < 4.78 is 40.1. The van der Waals surface area contributed by atoms with Crippen LogP contribution in [0.15, 0.2) is 18.3 Å². The van der Waals surface area contributed by atoms with Crippen LogP contribution in [0.4, 0.5) is 10.2 Å². The Morgan fingerprint density at radius 3 is 2.43 bits per heavy atom. The molecular formula is C16H26FN3O2S. The van der Waals surface area contributed by atoms with Crippen LogP contribution in [0.1, 0.15) is 33.6 Å². The summed E-state index contributed by atoms with van der Waals surface area (Å²) in [5.74, 6) is 0.119. The van der Waals surface area contributed by atoms with E-state index in [0.29, 0.717) is 38.4 Å². The molecule has 1 fully saturated rings. The Balaban J connectivity index is 1.89. The van der Waals surface area contributed by atoms with Gasteiger partial charge in [0.15, 0.2) is 11.6 Å². The fraction of sp³-hybridized carbons (Fsp3) is 0.688. The van der Waals surface area contributed by atoms with Gasteiger partial charge in [-0.05, 0) is 30.4 Å². The third-order valence-corrected chi connectivity index (χ3v) is 5.96. The average molecular weight is 343 g/mol. The molecule has 1 aliphatic heterocycles. The molecule has 0 aliphatic carbocycles. The van der Waals surface area contributed by atoms with Crippen LogP contribution < -0.4 is 4.90 Å². The molecule has 0 amide bonds. The molecule has 130 valence electrons. The number of sulfonamides is 1. The zero-order valence-electron chi connectivity index (χ0n) is 14.1. The van der Waals surface area contributed by atoms with Crippen molar-refractivity contribution in [3.8, 4) is 0 Å². The Bertz CT molecular complexity index is 620. The molecule has 1 aliphatic rings. The molecule has 0 saturated carbocycles. The molecule has 2 heterocycles. The predicted octanol–water partition coefficient (Wildman–Crippen LogP) is 2.50. The fourth-order valence-electron chi connectivity index (χ4n) is 2.70. The summed E-state index contributed by atoms with van der Waals surface area (Å²) in [6.07, 6.45) is 3.10. The van der Waals surface area contributed by atoms with Gasteiger partial charge in [0.1, 0.15) is 0 Å². The SMILES string of the molecule is CC(C)(C)CCCS(=O)(=O)N1CCN(c2ncccc2F)CC1. The van der Waals surface area contributed by atoms with Gasteiger partial charge < -0.3 is 4.90 Å². The summed E-state index contributed by atoms with van der Waals surface area (Å²) in [6, 6.07) is 2.92. The summed E-state index contributed by atoms with van der Waals surface area (Å²) in [4.78, 5) is 5.85. The number of aromatic nitrogens is 1. The van der Waals surface area contributed by atoms with Gasteiger partial charge in [0.05, 0.1) is 5.75 Å². The molecule has 7 heteroatoms. The third kappa shape index (κ3) is 5.14. The summed E-state index contributed by atoms with van der Waals surface area (Å²) in [5.41, 5.74) is 0.144. The number of piperazine rings is 1. The van der Waals surface area contributed by atoms with E-state index in [1.54, 1.807) is 17.2 Å². The van der Waals surface area contributed by atoms with Crippen LogP contribution in [0, 0.1) is 11.2 Å². The first-order valence-corrected chi connectivity index (χ1v) is 9.63. The maximum Gasteiger partial charge on any atom is 0.214 e. The maximum atomic E-state index is 13.7. The van der Waals surface area contributed by atoms with Crippen molar-refractivity contribution < 1.29 is 12.8 Å². The van der Waals surface area contributed by atoms with Crippen molar-refractivity contribution in [2.75, 3.05) is 36.8 Å². The van der Waals surface area contributed by atoms with Crippen molar-refractivity contribution >= 4 is 15.8 Å². The van der Waals surface area contributed by atoms with Gasteiger partial charge in [-0.25, -0.2) is 17.8 Å². The minimum atomic E-state index is -3.23. The molecule has 0 bridgehead atoms. The zero-order chi connectivity index (χ0) is 17.1. The van der Waals surface area contributed by atoms with Crippen molar-refractivity contribution in [3.63, 3.8) is 0 Å². The van der Waals surface area contributed by atoms with E-state index >= 15 is 0 Å². The minimum absolute atomic E-state index is 0.144. The lowest BCUT2D eigenvalue weighted by Gasteiger charge is -2.34. The first kappa shape index (κ1) is 18.1. The highest BCUT2D eigenvalue weighted by atomic mass is 32.2. The van der Waals surface area contributed by atoms with E-state index in [1.165, 1.54) is 10.4 Å². The number of rotatable bonds is 5. The summed E-state index contributed by atoms with van der Waals surface area (Å²) in [5, 5.41) is 0. The van der Waals surface area contributed by atoms with Crippen molar-refractivity contribution in [2.45, 2.75) is 33.6 Å². The van der Waals surface area contributed by atoms with Gasteiger partial charge in [0.2, 0.25) is 10.0 Å². The molecule has 0 radical (unpaired) electrons. The molecule has 0 unspecified atom stereocenters. The second kappa shape index (κ2) is 7.13. The van der Waals surface area contributed by atoms with Crippen LogP contribution in [0.2, 0.25) is 0 Å². The summed E-state index contributed by atoms with van der Waals surface area (Å²) in [7, 11) is -3.23. The second-order valence-corrected chi connectivity index (χ2v) is 9.26. The quantitative estimate of drug-likeness (QED) is 0.824. The van der Waals surface area contributed by atoms with E-state index in [9.17, 15) is 12.8 Å². The van der Waals surface area contributed by atoms with E-state index in [0.717, 1.165) is 6.42 Å². The van der Waals surface area contributed by atoms with Crippen LogP contribution in [0.25, 0.3) is 0 Å². The van der Waals surface area contributed by atoms with E-state index in [-0.39, 0.29) is 17.0 Å². The molecule has 0 atom stereocenters. The Hall–Kier alpha value is -1.21. The monoisotopic (exact) mass is 343 g/mol. The van der Waals surface area contributed by atoms with Gasteiger partial charge in [-0.3, -0.25) is 0 Å². The number of pyridine rings is 1. The summed E-state index contributed by atoms with van der Waals surface area (Å²) >= 11 is 0. The molecule has 1 saturated heterocycles. The van der Waals surface area contributed by atoms with Crippen LogP contribution in [-0.4, -0.2) is 49.6 Å². The highest BCUT2D eigenvalue weighted by Gasteiger charge is 2.28. The van der Waals surface area contributed by atoms with Gasteiger partial charge in [-0.2, -0.15) is 4.31 Å². The molecule has 23 heavy (non-hydrogen) atoms. The molecule has 1 aromatic heterocycles. The number of anilines is 1. The van der Waals surface area contributed by atoms with Gasteiger partial charge >= 0.3 is 0 Å². The number of nitrogens with zero attached hydrogens (tertiary/aromatic N) is 3. The standard InChI is InChI=1S/C16H26FN3O2S/c1-16(2,3)7-5-13-23(21,22)20-11-9-19(10-12-20)15-14(17)6-4-8-18-15/h4,6,8H,5,7,9-13H2,1-3H3.